The standard InChI is InChI=1S/C16H21NO5/c1-21-15(20)16(11-18,13-9-5-6-10-22-13)17-14(19)12-7-3-2-4-8-12/h2-4,7-8,13,18H,5-6,9-11H2,1H3,(H,17,19)/t13-,16-/m1/s1. The average molecular weight is 307 g/mol. The number of aliphatic hydroxyl groups is 1. The second kappa shape index (κ2) is 7.38. The minimum absolute atomic E-state index is 0.403. The fourth-order valence-electron chi connectivity index (χ4n) is 2.64. The van der Waals surface area contributed by atoms with Crippen molar-refractivity contribution in [3.63, 3.8) is 0 Å². The van der Waals surface area contributed by atoms with Crippen molar-refractivity contribution in [2.45, 2.75) is 30.9 Å². The maximum Gasteiger partial charge on any atom is 0.336 e. The molecule has 2 rings (SSSR count). The van der Waals surface area contributed by atoms with Gasteiger partial charge >= 0.3 is 5.97 Å². The highest BCUT2D eigenvalue weighted by Gasteiger charge is 2.49. The quantitative estimate of drug-likeness (QED) is 0.789. The molecule has 1 saturated heterocycles. The lowest BCUT2D eigenvalue weighted by Crippen LogP contribution is -2.66. The third kappa shape index (κ3) is 3.28. The first-order valence-corrected chi connectivity index (χ1v) is 7.32. The number of methoxy groups -OCH3 is 1. The molecule has 1 aliphatic rings. The Morgan fingerprint density at radius 1 is 1.36 bits per heavy atom. The summed E-state index contributed by atoms with van der Waals surface area (Å²) in [5.41, 5.74) is -1.18. The Bertz CT molecular complexity index is 513. The van der Waals surface area contributed by atoms with Crippen molar-refractivity contribution in [2.24, 2.45) is 0 Å². The van der Waals surface area contributed by atoms with Crippen molar-refractivity contribution >= 4 is 11.9 Å². The number of esters is 1. The van der Waals surface area contributed by atoms with Crippen molar-refractivity contribution in [3.8, 4) is 0 Å². The summed E-state index contributed by atoms with van der Waals surface area (Å²) in [6.07, 6.45) is 1.73. The third-order valence-electron chi connectivity index (χ3n) is 3.90. The van der Waals surface area contributed by atoms with Gasteiger partial charge in [0.15, 0.2) is 5.54 Å². The van der Waals surface area contributed by atoms with Gasteiger partial charge in [-0.15, -0.1) is 0 Å². The van der Waals surface area contributed by atoms with E-state index in [1.54, 1.807) is 30.3 Å². The summed E-state index contributed by atoms with van der Waals surface area (Å²) in [4.78, 5) is 24.7. The van der Waals surface area contributed by atoms with Gasteiger partial charge in [0.2, 0.25) is 0 Å². The molecule has 1 aromatic rings. The highest BCUT2D eigenvalue weighted by molar-refractivity contribution is 5.98. The van der Waals surface area contributed by atoms with E-state index in [0.717, 1.165) is 12.8 Å². The Kier molecular flexibility index (Phi) is 5.51. The summed E-state index contributed by atoms with van der Waals surface area (Å²) in [6.45, 7) is -0.0898. The molecule has 0 aliphatic carbocycles. The summed E-state index contributed by atoms with van der Waals surface area (Å²) in [7, 11) is 1.23. The first-order valence-electron chi connectivity index (χ1n) is 7.32. The number of benzene rings is 1. The van der Waals surface area contributed by atoms with E-state index in [0.29, 0.717) is 18.6 Å². The summed E-state index contributed by atoms with van der Waals surface area (Å²) < 4.78 is 10.4. The van der Waals surface area contributed by atoms with Crippen molar-refractivity contribution < 1.29 is 24.2 Å². The Balaban J connectivity index is 2.27. The molecule has 0 aromatic heterocycles. The number of hydrogen-bond acceptors (Lipinski definition) is 5. The molecule has 1 fully saturated rings. The normalized spacial score (nSPS) is 20.7. The lowest BCUT2D eigenvalue weighted by molar-refractivity contribution is -0.161. The fraction of sp³-hybridized carbons (Fsp3) is 0.500. The smallest absolute Gasteiger partial charge is 0.336 e. The van der Waals surface area contributed by atoms with Crippen molar-refractivity contribution in [1.29, 1.82) is 0 Å². The Morgan fingerprint density at radius 3 is 2.64 bits per heavy atom. The Hall–Kier alpha value is -1.92. The molecule has 1 amide bonds. The number of aliphatic hydroxyl groups excluding tert-OH is 1. The van der Waals surface area contributed by atoms with Gasteiger partial charge in [-0.25, -0.2) is 4.79 Å². The number of ether oxygens (including phenoxy) is 2. The summed E-state index contributed by atoms with van der Waals surface area (Å²) in [5.74, 6) is -1.15. The molecule has 120 valence electrons. The van der Waals surface area contributed by atoms with Gasteiger partial charge in [0.25, 0.3) is 5.91 Å². The topological polar surface area (TPSA) is 84.9 Å². The van der Waals surface area contributed by atoms with Gasteiger partial charge in [-0.1, -0.05) is 18.2 Å². The third-order valence-corrected chi connectivity index (χ3v) is 3.90. The molecule has 0 radical (unpaired) electrons. The molecule has 0 spiro atoms. The predicted octanol–water partition coefficient (Wildman–Crippen LogP) is 0.890. The molecule has 0 saturated carbocycles. The number of amides is 1. The molecule has 1 aliphatic heterocycles. The van der Waals surface area contributed by atoms with E-state index in [1.165, 1.54) is 7.11 Å². The molecule has 0 bridgehead atoms. The lowest BCUT2D eigenvalue weighted by Gasteiger charge is -2.39. The van der Waals surface area contributed by atoms with Crippen LogP contribution in [0.5, 0.6) is 0 Å². The molecule has 6 heteroatoms. The highest BCUT2D eigenvalue weighted by atomic mass is 16.5. The Labute approximate surface area is 129 Å². The average Bonchev–Trinajstić information content (AvgIpc) is 2.60. The van der Waals surface area contributed by atoms with Crippen LogP contribution >= 0.6 is 0 Å². The summed E-state index contributed by atoms with van der Waals surface area (Å²) in [6, 6.07) is 8.52. The van der Waals surface area contributed by atoms with Crippen LogP contribution in [0.3, 0.4) is 0 Å². The van der Waals surface area contributed by atoms with Crippen LogP contribution in [0.25, 0.3) is 0 Å². The van der Waals surface area contributed by atoms with Crippen molar-refractivity contribution in [2.75, 3.05) is 20.3 Å². The van der Waals surface area contributed by atoms with Crippen LogP contribution in [0.2, 0.25) is 0 Å². The van der Waals surface area contributed by atoms with E-state index in [2.05, 4.69) is 5.32 Å². The molecular weight excluding hydrogens is 286 g/mol. The van der Waals surface area contributed by atoms with Gasteiger partial charge in [0, 0.05) is 12.2 Å². The minimum atomic E-state index is -1.58. The number of hydrogen-bond donors (Lipinski definition) is 2. The second-order valence-corrected chi connectivity index (χ2v) is 5.30. The molecule has 6 nitrogen and oxygen atoms in total. The van der Waals surface area contributed by atoms with Crippen LogP contribution in [0, 0.1) is 0 Å². The molecule has 22 heavy (non-hydrogen) atoms. The SMILES string of the molecule is COC(=O)[C@](CO)(NC(=O)c1ccccc1)[C@H]1CCCCO1. The van der Waals surface area contributed by atoms with Gasteiger partial charge in [-0.05, 0) is 31.4 Å². The maximum atomic E-state index is 12.4. The van der Waals surface area contributed by atoms with Gasteiger partial charge in [-0.3, -0.25) is 4.79 Å². The van der Waals surface area contributed by atoms with Crippen LogP contribution in [-0.4, -0.2) is 48.9 Å². The van der Waals surface area contributed by atoms with Crippen LogP contribution in [0.15, 0.2) is 30.3 Å². The minimum Gasteiger partial charge on any atom is -0.467 e. The van der Waals surface area contributed by atoms with E-state index in [4.69, 9.17) is 9.47 Å². The molecule has 1 heterocycles. The van der Waals surface area contributed by atoms with Crippen LogP contribution < -0.4 is 5.32 Å². The van der Waals surface area contributed by atoms with Gasteiger partial charge in [-0.2, -0.15) is 0 Å². The number of nitrogens with one attached hydrogen (secondary N) is 1. The number of rotatable bonds is 5. The second-order valence-electron chi connectivity index (χ2n) is 5.30. The monoisotopic (exact) mass is 307 g/mol. The highest BCUT2D eigenvalue weighted by Crippen LogP contribution is 2.25. The summed E-state index contributed by atoms with van der Waals surface area (Å²) in [5, 5.41) is 12.5. The first-order chi connectivity index (χ1) is 10.6. The zero-order valence-corrected chi connectivity index (χ0v) is 12.6. The zero-order chi connectivity index (χ0) is 16.0. The van der Waals surface area contributed by atoms with Gasteiger partial charge < -0.3 is 19.9 Å². The van der Waals surface area contributed by atoms with Crippen LogP contribution in [0.1, 0.15) is 29.6 Å². The Morgan fingerprint density at radius 2 is 2.09 bits per heavy atom. The maximum absolute atomic E-state index is 12.4. The largest absolute Gasteiger partial charge is 0.467 e. The van der Waals surface area contributed by atoms with E-state index in [1.807, 2.05) is 0 Å². The van der Waals surface area contributed by atoms with E-state index in [9.17, 15) is 14.7 Å². The van der Waals surface area contributed by atoms with Crippen molar-refractivity contribution in [1.82, 2.24) is 5.32 Å². The van der Waals surface area contributed by atoms with E-state index >= 15 is 0 Å². The molecule has 1 aromatic carbocycles. The number of carbonyl (C=O) groups is 2. The lowest BCUT2D eigenvalue weighted by atomic mass is 9.87. The van der Waals surface area contributed by atoms with Crippen LogP contribution in [0.4, 0.5) is 0 Å². The van der Waals surface area contributed by atoms with Crippen LogP contribution in [-0.2, 0) is 14.3 Å². The van der Waals surface area contributed by atoms with Crippen molar-refractivity contribution in [3.05, 3.63) is 35.9 Å². The molecular formula is C16H21NO5. The molecule has 2 atom stereocenters. The van der Waals surface area contributed by atoms with Gasteiger partial charge in [0.05, 0.1) is 19.8 Å². The first kappa shape index (κ1) is 16.5. The number of carbonyl (C=O) groups excluding carboxylic acids is 2. The summed E-state index contributed by atoms with van der Waals surface area (Å²) >= 11 is 0. The van der Waals surface area contributed by atoms with E-state index < -0.39 is 30.1 Å². The molecule has 2 N–H and O–H groups in total. The van der Waals surface area contributed by atoms with E-state index in [-0.39, 0.29) is 0 Å². The predicted molar refractivity (Wildman–Crippen MR) is 79.3 cm³/mol. The van der Waals surface area contributed by atoms with Gasteiger partial charge in [0.1, 0.15) is 0 Å². The zero-order valence-electron chi connectivity index (χ0n) is 12.6. The molecule has 0 unspecified atom stereocenters. The fourth-order valence-corrected chi connectivity index (χ4v) is 2.64.